The van der Waals surface area contributed by atoms with Crippen LogP contribution in [0.15, 0.2) is 42.5 Å². The normalized spacial score (nSPS) is 25.1. The number of fused-ring (bicyclic) bond motifs is 1. The van der Waals surface area contributed by atoms with Crippen LogP contribution in [0.1, 0.15) is 44.7 Å². The molecule has 0 bridgehead atoms. The first kappa shape index (κ1) is 16.6. The quantitative estimate of drug-likeness (QED) is 0.910. The Morgan fingerprint density at radius 2 is 1.88 bits per heavy atom. The molecular formula is C22H28N2O. The van der Waals surface area contributed by atoms with Crippen LogP contribution >= 0.6 is 0 Å². The molecule has 4 rings (SSSR count). The number of benzene rings is 2. The third kappa shape index (κ3) is 3.57. The molecule has 0 radical (unpaired) electrons. The van der Waals surface area contributed by atoms with E-state index in [1.165, 1.54) is 16.3 Å². The van der Waals surface area contributed by atoms with Crippen LogP contribution in [0.25, 0.3) is 10.8 Å². The number of carbonyl (C=O) groups excluding carboxylic acids is 1. The summed E-state index contributed by atoms with van der Waals surface area (Å²) >= 11 is 0. The van der Waals surface area contributed by atoms with Gasteiger partial charge in [0.25, 0.3) is 0 Å². The van der Waals surface area contributed by atoms with Crippen LogP contribution in [0, 0.1) is 11.8 Å². The maximum Gasteiger partial charge on any atom is 0.225 e. The molecule has 1 amide bonds. The molecule has 2 aliphatic rings. The zero-order chi connectivity index (χ0) is 17.4. The van der Waals surface area contributed by atoms with E-state index in [1.807, 2.05) is 0 Å². The average molecular weight is 336 g/mol. The van der Waals surface area contributed by atoms with Gasteiger partial charge in [-0.1, -0.05) is 43.3 Å². The lowest BCUT2D eigenvalue weighted by Crippen LogP contribution is -2.50. The molecule has 3 nitrogen and oxygen atoms in total. The fourth-order valence-corrected chi connectivity index (χ4v) is 4.08. The monoisotopic (exact) mass is 336 g/mol. The second-order valence-corrected chi connectivity index (χ2v) is 7.93. The van der Waals surface area contributed by atoms with Crippen LogP contribution in [0.5, 0.6) is 0 Å². The van der Waals surface area contributed by atoms with E-state index < -0.39 is 0 Å². The molecule has 2 aromatic carbocycles. The van der Waals surface area contributed by atoms with Crippen molar-refractivity contribution in [1.29, 1.82) is 0 Å². The molecule has 2 aromatic rings. The minimum absolute atomic E-state index is 0.322. The van der Waals surface area contributed by atoms with Gasteiger partial charge >= 0.3 is 0 Å². The molecule has 0 unspecified atom stereocenters. The van der Waals surface area contributed by atoms with Gasteiger partial charge in [0.15, 0.2) is 0 Å². The number of likely N-dealkylation sites (tertiary alicyclic amines) is 1. The van der Waals surface area contributed by atoms with Gasteiger partial charge in [0.05, 0.1) is 0 Å². The van der Waals surface area contributed by atoms with Crippen molar-refractivity contribution in [2.45, 2.75) is 45.2 Å². The van der Waals surface area contributed by atoms with Gasteiger partial charge in [-0.05, 0) is 54.5 Å². The predicted molar refractivity (Wildman–Crippen MR) is 102 cm³/mol. The minimum atomic E-state index is 0.322. The van der Waals surface area contributed by atoms with Crippen LogP contribution in [-0.4, -0.2) is 29.9 Å². The van der Waals surface area contributed by atoms with Crippen molar-refractivity contribution in [2.75, 3.05) is 13.1 Å². The molecule has 0 aromatic heterocycles. The molecule has 1 saturated carbocycles. The Balaban J connectivity index is 1.39. The fourth-order valence-electron chi connectivity index (χ4n) is 4.08. The summed E-state index contributed by atoms with van der Waals surface area (Å²) in [5, 5.41) is 6.40. The summed E-state index contributed by atoms with van der Waals surface area (Å²) in [5.41, 5.74) is 1.34. The van der Waals surface area contributed by atoms with E-state index in [4.69, 9.17) is 0 Å². The Hall–Kier alpha value is -1.87. The minimum Gasteiger partial charge on any atom is -0.342 e. The standard InChI is InChI=1S/C22H28N2O/c1-15-14-24(22(25)18-8-9-18)12-11-21(15)23-16(2)19-10-7-17-5-3-4-6-20(17)13-19/h3-7,10,13,15-16,18,21,23H,8-9,11-12,14H2,1-2H3/t15-,16+,21-/m1/s1. The molecule has 3 heteroatoms. The highest BCUT2D eigenvalue weighted by molar-refractivity contribution is 5.83. The van der Waals surface area contributed by atoms with Crippen molar-refractivity contribution in [3.05, 3.63) is 48.0 Å². The van der Waals surface area contributed by atoms with Crippen molar-refractivity contribution in [1.82, 2.24) is 10.2 Å². The number of piperidine rings is 1. The molecule has 132 valence electrons. The first-order valence-electron chi connectivity index (χ1n) is 9.65. The average Bonchev–Trinajstić information content (AvgIpc) is 3.47. The van der Waals surface area contributed by atoms with E-state index >= 15 is 0 Å². The Morgan fingerprint density at radius 1 is 1.12 bits per heavy atom. The van der Waals surface area contributed by atoms with Crippen molar-refractivity contribution in [3.63, 3.8) is 0 Å². The second-order valence-electron chi connectivity index (χ2n) is 7.93. The molecular weight excluding hydrogens is 308 g/mol. The van der Waals surface area contributed by atoms with Gasteiger partial charge in [-0.25, -0.2) is 0 Å². The summed E-state index contributed by atoms with van der Waals surface area (Å²) in [6.07, 6.45) is 3.26. The molecule has 0 spiro atoms. The van der Waals surface area contributed by atoms with Gasteiger partial charge in [0.1, 0.15) is 0 Å². The maximum absolute atomic E-state index is 12.3. The molecule has 1 aliphatic heterocycles. The molecule has 1 heterocycles. The molecule has 1 N–H and O–H groups in total. The Morgan fingerprint density at radius 3 is 2.60 bits per heavy atom. The van der Waals surface area contributed by atoms with E-state index in [2.05, 4.69) is 66.5 Å². The highest BCUT2D eigenvalue weighted by Gasteiger charge is 2.37. The van der Waals surface area contributed by atoms with E-state index in [0.717, 1.165) is 32.4 Å². The molecule has 3 atom stereocenters. The maximum atomic E-state index is 12.3. The third-order valence-corrected chi connectivity index (χ3v) is 5.88. The van der Waals surface area contributed by atoms with Crippen molar-refractivity contribution < 1.29 is 4.79 Å². The van der Waals surface area contributed by atoms with Crippen LogP contribution in [-0.2, 0) is 4.79 Å². The summed E-state index contributed by atoms with van der Waals surface area (Å²) in [4.78, 5) is 14.4. The zero-order valence-electron chi connectivity index (χ0n) is 15.2. The number of nitrogens with one attached hydrogen (secondary N) is 1. The molecule has 1 saturated heterocycles. The third-order valence-electron chi connectivity index (χ3n) is 5.88. The number of carbonyl (C=O) groups is 1. The number of rotatable bonds is 4. The second kappa shape index (κ2) is 6.80. The van der Waals surface area contributed by atoms with Gasteiger partial charge in [-0.2, -0.15) is 0 Å². The molecule has 1 aliphatic carbocycles. The Bertz CT molecular complexity index is 767. The lowest BCUT2D eigenvalue weighted by molar-refractivity contribution is -0.134. The summed E-state index contributed by atoms with van der Waals surface area (Å²) in [6.45, 7) is 6.33. The SMILES string of the molecule is C[C@H](N[C@@H]1CCN(C(=O)C2CC2)C[C@H]1C)c1ccc2ccccc2c1. The summed E-state index contributed by atoms with van der Waals surface area (Å²) < 4.78 is 0. The molecule has 25 heavy (non-hydrogen) atoms. The zero-order valence-corrected chi connectivity index (χ0v) is 15.2. The van der Waals surface area contributed by atoms with Crippen molar-refractivity contribution >= 4 is 16.7 Å². The lowest BCUT2D eigenvalue weighted by atomic mass is 9.92. The van der Waals surface area contributed by atoms with Gasteiger partial charge in [0, 0.05) is 31.1 Å². The Kier molecular flexibility index (Phi) is 4.51. The first-order chi connectivity index (χ1) is 12.1. The summed E-state index contributed by atoms with van der Waals surface area (Å²) in [5.74, 6) is 1.24. The largest absolute Gasteiger partial charge is 0.342 e. The predicted octanol–water partition coefficient (Wildman–Crippen LogP) is 4.14. The fraction of sp³-hybridized carbons (Fsp3) is 0.500. The number of amides is 1. The topological polar surface area (TPSA) is 32.3 Å². The van der Waals surface area contributed by atoms with Gasteiger partial charge in [-0.3, -0.25) is 4.79 Å². The van der Waals surface area contributed by atoms with Crippen LogP contribution in [0.2, 0.25) is 0 Å². The van der Waals surface area contributed by atoms with Crippen molar-refractivity contribution in [2.24, 2.45) is 11.8 Å². The summed E-state index contributed by atoms with van der Waals surface area (Å²) in [6, 6.07) is 16.1. The highest BCUT2D eigenvalue weighted by Crippen LogP contribution is 2.33. The number of hydrogen-bond acceptors (Lipinski definition) is 2. The Labute approximate surface area is 150 Å². The number of hydrogen-bond donors (Lipinski definition) is 1. The highest BCUT2D eigenvalue weighted by atomic mass is 16.2. The van der Waals surface area contributed by atoms with E-state index in [9.17, 15) is 4.79 Å². The van der Waals surface area contributed by atoms with Gasteiger partial charge in [0.2, 0.25) is 5.91 Å². The van der Waals surface area contributed by atoms with Crippen LogP contribution in [0.3, 0.4) is 0 Å². The van der Waals surface area contributed by atoms with Gasteiger partial charge < -0.3 is 10.2 Å². The van der Waals surface area contributed by atoms with E-state index in [1.54, 1.807) is 0 Å². The molecule has 2 fully saturated rings. The van der Waals surface area contributed by atoms with Crippen molar-refractivity contribution in [3.8, 4) is 0 Å². The lowest BCUT2D eigenvalue weighted by Gasteiger charge is -2.39. The first-order valence-corrected chi connectivity index (χ1v) is 9.65. The van der Waals surface area contributed by atoms with Crippen LogP contribution in [0.4, 0.5) is 0 Å². The number of nitrogens with zero attached hydrogens (tertiary/aromatic N) is 1. The van der Waals surface area contributed by atoms with Crippen LogP contribution < -0.4 is 5.32 Å². The van der Waals surface area contributed by atoms with E-state index in [0.29, 0.717) is 29.8 Å². The smallest absolute Gasteiger partial charge is 0.225 e. The summed E-state index contributed by atoms with van der Waals surface area (Å²) in [7, 11) is 0. The van der Waals surface area contributed by atoms with Gasteiger partial charge in [-0.15, -0.1) is 0 Å². The van der Waals surface area contributed by atoms with E-state index in [-0.39, 0.29) is 0 Å².